The summed E-state index contributed by atoms with van der Waals surface area (Å²) >= 11 is 0. The Bertz CT molecular complexity index is 497. The number of hydrogen-bond donors (Lipinski definition) is 0. The highest BCUT2D eigenvalue weighted by atomic mass is 19.1. The van der Waals surface area contributed by atoms with Crippen molar-refractivity contribution in [3.63, 3.8) is 0 Å². The van der Waals surface area contributed by atoms with Crippen LogP contribution in [0.2, 0.25) is 0 Å². The Morgan fingerprint density at radius 2 is 2.05 bits per heavy atom. The fourth-order valence-electron chi connectivity index (χ4n) is 1.97. The number of nitrogens with zero attached hydrogens (tertiary/aromatic N) is 3. The van der Waals surface area contributed by atoms with Gasteiger partial charge in [-0.1, -0.05) is 19.9 Å². The van der Waals surface area contributed by atoms with Gasteiger partial charge in [-0.25, -0.2) is 4.39 Å². The summed E-state index contributed by atoms with van der Waals surface area (Å²) in [5, 5.41) is 17.5. The van der Waals surface area contributed by atoms with E-state index in [2.05, 4.69) is 24.8 Å². The van der Waals surface area contributed by atoms with Gasteiger partial charge in [0.25, 0.3) is 0 Å². The van der Waals surface area contributed by atoms with Crippen LogP contribution in [0.1, 0.15) is 31.4 Å². The lowest BCUT2D eigenvalue weighted by atomic mass is 10.1. The lowest BCUT2D eigenvalue weighted by molar-refractivity contribution is 0.241. The predicted molar refractivity (Wildman–Crippen MR) is 71.5 cm³/mol. The molecule has 0 aliphatic heterocycles. The van der Waals surface area contributed by atoms with Crippen molar-refractivity contribution in [1.29, 1.82) is 10.5 Å². The lowest BCUT2D eigenvalue weighted by Gasteiger charge is -2.23. The SMILES string of the molecule is CC(C)CN(CCC#N)Cc1ccc(F)c(C#N)c1. The van der Waals surface area contributed by atoms with Crippen molar-refractivity contribution in [3.05, 3.63) is 35.1 Å². The van der Waals surface area contributed by atoms with Crippen LogP contribution in [0.15, 0.2) is 18.2 Å². The molecule has 4 heteroatoms. The quantitative estimate of drug-likeness (QED) is 0.789. The van der Waals surface area contributed by atoms with E-state index in [1.165, 1.54) is 6.07 Å². The zero-order valence-corrected chi connectivity index (χ0v) is 11.4. The van der Waals surface area contributed by atoms with Crippen molar-refractivity contribution in [3.8, 4) is 12.1 Å². The van der Waals surface area contributed by atoms with E-state index in [1.807, 2.05) is 6.07 Å². The Balaban J connectivity index is 2.78. The minimum atomic E-state index is -0.487. The van der Waals surface area contributed by atoms with Gasteiger partial charge in [-0.2, -0.15) is 10.5 Å². The minimum Gasteiger partial charge on any atom is -0.298 e. The summed E-state index contributed by atoms with van der Waals surface area (Å²) < 4.78 is 13.2. The molecule has 0 spiro atoms. The van der Waals surface area contributed by atoms with Gasteiger partial charge in [0.05, 0.1) is 11.6 Å². The Morgan fingerprint density at radius 3 is 2.63 bits per heavy atom. The van der Waals surface area contributed by atoms with Gasteiger partial charge in [0.15, 0.2) is 0 Å². The summed E-state index contributed by atoms with van der Waals surface area (Å²) in [7, 11) is 0. The van der Waals surface area contributed by atoms with E-state index in [0.29, 0.717) is 25.4 Å². The summed E-state index contributed by atoms with van der Waals surface area (Å²) in [6, 6.07) is 8.58. The molecule has 0 saturated heterocycles. The van der Waals surface area contributed by atoms with Gasteiger partial charge in [0, 0.05) is 26.1 Å². The van der Waals surface area contributed by atoms with Crippen molar-refractivity contribution in [2.75, 3.05) is 13.1 Å². The molecule has 0 aromatic heterocycles. The smallest absolute Gasteiger partial charge is 0.140 e. The Labute approximate surface area is 113 Å². The fraction of sp³-hybridized carbons (Fsp3) is 0.467. The summed E-state index contributed by atoms with van der Waals surface area (Å²) in [6.07, 6.45) is 0.471. The topological polar surface area (TPSA) is 50.8 Å². The number of halogens is 1. The third kappa shape index (κ3) is 5.07. The van der Waals surface area contributed by atoms with Gasteiger partial charge >= 0.3 is 0 Å². The molecule has 0 bridgehead atoms. The van der Waals surface area contributed by atoms with Crippen LogP contribution in [0.3, 0.4) is 0 Å². The molecule has 0 N–H and O–H groups in total. The number of nitriles is 2. The van der Waals surface area contributed by atoms with Crippen LogP contribution >= 0.6 is 0 Å². The zero-order valence-electron chi connectivity index (χ0n) is 11.4. The number of benzene rings is 1. The fourth-order valence-corrected chi connectivity index (χ4v) is 1.97. The second-order valence-corrected chi connectivity index (χ2v) is 4.96. The largest absolute Gasteiger partial charge is 0.298 e. The predicted octanol–water partition coefficient (Wildman–Crippen LogP) is 3.07. The van der Waals surface area contributed by atoms with Crippen LogP contribution in [0.4, 0.5) is 4.39 Å². The minimum absolute atomic E-state index is 0.0716. The van der Waals surface area contributed by atoms with Crippen LogP contribution < -0.4 is 0 Å². The highest BCUT2D eigenvalue weighted by Crippen LogP contribution is 2.13. The summed E-state index contributed by atoms with van der Waals surface area (Å²) in [5.41, 5.74) is 0.971. The monoisotopic (exact) mass is 259 g/mol. The van der Waals surface area contributed by atoms with Crippen molar-refractivity contribution >= 4 is 0 Å². The molecule has 0 saturated carbocycles. The maximum atomic E-state index is 13.2. The van der Waals surface area contributed by atoms with Gasteiger partial charge in [-0.15, -0.1) is 0 Å². The molecule has 0 radical (unpaired) electrons. The maximum Gasteiger partial charge on any atom is 0.140 e. The van der Waals surface area contributed by atoms with E-state index in [9.17, 15) is 4.39 Å². The van der Waals surface area contributed by atoms with Crippen molar-refractivity contribution in [2.24, 2.45) is 5.92 Å². The van der Waals surface area contributed by atoms with E-state index < -0.39 is 5.82 Å². The third-order valence-electron chi connectivity index (χ3n) is 2.72. The highest BCUT2D eigenvalue weighted by molar-refractivity contribution is 5.34. The molecule has 0 fully saturated rings. The molecule has 1 aromatic carbocycles. The van der Waals surface area contributed by atoms with Crippen LogP contribution in [-0.4, -0.2) is 18.0 Å². The maximum absolute atomic E-state index is 13.2. The number of rotatable bonds is 6. The molecular weight excluding hydrogens is 241 g/mol. The molecule has 0 unspecified atom stereocenters. The molecule has 3 nitrogen and oxygen atoms in total. The molecule has 0 heterocycles. The summed E-state index contributed by atoms with van der Waals surface area (Å²) in [5.74, 6) is 0.00765. The lowest BCUT2D eigenvalue weighted by Crippen LogP contribution is -2.28. The second-order valence-electron chi connectivity index (χ2n) is 4.96. The molecule has 19 heavy (non-hydrogen) atoms. The standard InChI is InChI=1S/C15H18FN3/c1-12(2)10-19(7-3-6-17)11-13-4-5-15(16)14(8-13)9-18/h4-5,8,12H,3,7,10-11H2,1-2H3. The average Bonchev–Trinajstić information content (AvgIpc) is 2.37. The Kier molecular flexibility index (Phi) is 5.99. The molecule has 100 valence electrons. The summed E-state index contributed by atoms with van der Waals surface area (Å²) in [6.45, 7) is 6.43. The van der Waals surface area contributed by atoms with E-state index in [4.69, 9.17) is 10.5 Å². The van der Waals surface area contributed by atoms with E-state index >= 15 is 0 Å². The molecule has 1 aromatic rings. The van der Waals surface area contributed by atoms with Gasteiger partial charge in [0.1, 0.15) is 11.9 Å². The van der Waals surface area contributed by atoms with E-state index in [1.54, 1.807) is 12.1 Å². The third-order valence-corrected chi connectivity index (χ3v) is 2.72. The van der Waals surface area contributed by atoms with Crippen LogP contribution in [0.5, 0.6) is 0 Å². The molecule has 0 amide bonds. The average molecular weight is 259 g/mol. The van der Waals surface area contributed by atoms with E-state index in [0.717, 1.165) is 12.1 Å². The van der Waals surface area contributed by atoms with Crippen molar-refractivity contribution < 1.29 is 4.39 Å². The first-order chi connectivity index (χ1) is 9.06. The van der Waals surface area contributed by atoms with Crippen molar-refractivity contribution in [1.82, 2.24) is 4.90 Å². The zero-order chi connectivity index (χ0) is 14.3. The first-order valence-electron chi connectivity index (χ1n) is 6.34. The van der Waals surface area contributed by atoms with Gasteiger partial charge < -0.3 is 0 Å². The van der Waals surface area contributed by atoms with Crippen LogP contribution in [0, 0.1) is 34.4 Å². The molecule has 0 atom stereocenters. The molecular formula is C15H18FN3. The first-order valence-corrected chi connectivity index (χ1v) is 6.34. The van der Waals surface area contributed by atoms with E-state index in [-0.39, 0.29) is 5.56 Å². The summed E-state index contributed by atoms with van der Waals surface area (Å²) in [4.78, 5) is 2.16. The molecule has 0 aliphatic rings. The molecule has 1 rings (SSSR count). The highest BCUT2D eigenvalue weighted by Gasteiger charge is 2.10. The van der Waals surface area contributed by atoms with Crippen LogP contribution in [0.25, 0.3) is 0 Å². The normalized spacial score (nSPS) is 10.5. The van der Waals surface area contributed by atoms with Gasteiger partial charge in [0.2, 0.25) is 0 Å². The van der Waals surface area contributed by atoms with Gasteiger partial charge in [-0.3, -0.25) is 4.90 Å². The van der Waals surface area contributed by atoms with Gasteiger partial charge in [-0.05, 0) is 23.6 Å². The number of hydrogen-bond acceptors (Lipinski definition) is 3. The van der Waals surface area contributed by atoms with Crippen LogP contribution in [-0.2, 0) is 6.54 Å². The first kappa shape index (κ1) is 15.1. The molecule has 0 aliphatic carbocycles. The Hall–Kier alpha value is -1.91. The second kappa shape index (κ2) is 7.51. The Morgan fingerprint density at radius 1 is 1.32 bits per heavy atom. The van der Waals surface area contributed by atoms with Crippen molar-refractivity contribution in [2.45, 2.75) is 26.8 Å².